The van der Waals surface area contributed by atoms with Gasteiger partial charge in [0.15, 0.2) is 0 Å². The molecule has 0 aliphatic carbocycles. The van der Waals surface area contributed by atoms with Crippen LogP contribution in [0.5, 0.6) is 0 Å². The maximum absolute atomic E-state index is 11.6. The van der Waals surface area contributed by atoms with E-state index in [1.54, 1.807) is 12.1 Å². The van der Waals surface area contributed by atoms with E-state index in [1.807, 2.05) is 6.07 Å². The second-order valence-electron chi connectivity index (χ2n) is 5.20. The topological polar surface area (TPSA) is 75.4 Å². The molecule has 0 bridgehead atoms. The third-order valence-corrected chi connectivity index (χ3v) is 4.85. The molecule has 1 fully saturated rings. The van der Waals surface area contributed by atoms with Crippen LogP contribution in [0.2, 0.25) is 0 Å². The molecule has 0 unspecified atom stereocenters. The average Bonchev–Trinajstić information content (AvgIpc) is 2.44. The van der Waals surface area contributed by atoms with Crippen LogP contribution in [0.25, 0.3) is 0 Å². The lowest BCUT2D eigenvalue weighted by Crippen LogP contribution is -2.43. The molecule has 1 heterocycles. The fraction of sp³-hybridized carbons (Fsp3) is 0.571. The van der Waals surface area contributed by atoms with Crippen molar-refractivity contribution in [2.24, 2.45) is 5.14 Å². The average molecular weight is 297 g/mol. The molecule has 0 spiro atoms. The number of nitrogens with one attached hydrogen (secondary N) is 1. The largest absolute Gasteiger partial charge is 0.382 e. The molecular formula is C14H23N3O2S. The van der Waals surface area contributed by atoms with E-state index in [2.05, 4.69) is 17.1 Å². The summed E-state index contributed by atoms with van der Waals surface area (Å²) in [5.41, 5.74) is 0.594. The maximum atomic E-state index is 11.6. The fourth-order valence-electron chi connectivity index (χ4n) is 2.80. The molecule has 6 heteroatoms. The van der Waals surface area contributed by atoms with Crippen LogP contribution in [0.4, 0.5) is 5.69 Å². The van der Waals surface area contributed by atoms with Crippen LogP contribution in [0.3, 0.4) is 0 Å². The molecule has 0 aromatic heterocycles. The smallest absolute Gasteiger partial charge is 0.240 e. The van der Waals surface area contributed by atoms with Crippen molar-refractivity contribution in [3.8, 4) is 0 Å². The molecule has 0 saturated carbocycles. The van der Waals surface area contributed by atoms with Crippen molar-refractivity contribution < 1.29 is 8.42 Å². The predicted molar refractivity (Wildman–Crippen MR) is 81.2 cm³/mol. The zero-order valence-electron chi connectivity index (χ0n) is 11.9. The van der Waals surface area contributed by atoms with Gasteiger partial charge in [0.2, 0.25) is 10.0 Å². The second-order valence-corrected chi connectivity index (χ2v) is 6.73. The molecule has 1 aliphatic rings. The van der Waals surface area contributed by atoms with Crippen LogP contribution in [-0.2, 0) is 10.0 Å². The number of rotatable bonds is 5. The van der Waals surface area contributed by atoms with E-state index in [4.69, 9.17) is 5.14 Å². The van der Waals surface area contributed by atoms with Crippen LogP contribution in [-0.4, -0.2) is 39.0 Å². The number of hydrogen-bond donors (Lipinski definition) is 2. The van der Waals surface area contributed by atoms with Gasteiger partial charge in [-0.05, 0) is 38.1 Å². The number of nitrogens with zero attached hydrogens (tertiary/aromatic N) is 1. The summed E-state index contributed by atoms with van der Waals surface area (Å²) in [5.74, 6) is 0. The first-order valence-electron chi connectivity index (χ1n) is 7.12. The number of hydrogen-bond acceptors (Lipinski definition) is 4. The first-order chi connectivity index (χ1) is 9.52. The van der Waals surface area contributed by atoms with E-state index < -0.39 is 10.0 Å². The molecule has 1 aromatic carbocycles. The Morgan fingerprint density at radius 2 is 2.10 bits per heavy atom. The van der Waals surface area contributed by atoms with Gasteiger partial charge in [-0.3, -0.25) is 4.90 Å². The van der Waals surface area contributed by atoms with Crippen molar-refractivity contribution in [1.29, 1.82) is 0 Å². The first kappa shape index (κ1) is 15.3. The van der Waals surface area contributed by atoms with Gasteiger partial charge < -0.3 is 5.32 Å². The number of primary sulfonamides is 1. The zero-order chi connectivity index (χ0) is 14.6. The minimum atomic E-state index is -3.68. The molecule has 3 N–H and O–H groups in total. The highest BCUT2D eigenvalue weighted by molar-refractivity contribution is 7.89. The molecule has 20 heavy (non-hydrogen) atoms. The number of para-hydroxylation sites is 1. The molecule has 1 aromatic rings. The number of benzene rings is 1. The fourth-order valence-corrected chi connectivity index (χ4v) is 3.51. The Kier molecular flexibility index (Phi) is 5.01. The van der Waals surface area contributed by atoms with Gasteiger partial charge in [-0.15, -0.1) is 0 Å². The lowest BCUT2D eigenvalue weighted by Gasteiger charge is -2.35. The highest BCUT2D eigenvalue weighted by Gasteiger charge is 2.21. The lowest BCUT2D eigenvalue weighted by atomic mass is 10.0. The van der Waals surface area contributed by atoms with Crippen molar-refractivity contribution in [3.63, 3.8) is 0 Å². The van der Waals surface area contributed by atoms with E-state index in [0.29, 0.717) is 11.7 Å². The number of anilines is 1. The quantitative estimate of drug-likeness (QED) is 0.866. The van der Waals surface area contributed by atoms with Gasteiger partial charge in [-0.25, -0.2) is 13.6 Å². The minimum Gasteiger partial charge on any atom is -0.382 e. The number of likely N-dealkylation sites (N-methyl/N-ethyl adjacent to an activating group) is 1. The Balaban J connectivity index is 2.07. The number of nitrogens with two attached hydrogens (primary N) is 1. The number of sulfonamides is 1. The van der Waals surface area contributed by atoms with Crippen LogP contribution in [0.1, 0.15) is 26.2 Å². The van der Waals surface area contributed by atoms with Crippen molar-refractivity contribution in [2.45, 2.75) is 37.1 Å². The minimum absolute atomic E-state index is 0.166. The Morgan fingerprint density at radius 3 is 2.80 bits per heavy atom. The van der Waals surface area contributed by atoms with E-state index in [9.17, 15) is 8.42 Å². The summed E-state index contributed by atoms with van der Waals surface area (Å²) < 4.78 is 23.1. The van der Waals surface area contributed by atoms with Gasteiger partial charge in [-0.2, -0.15) is 0 Å². The van der Waals surface area contributed by atoms with Crippen LogP contribution < -0.4 is 10.5 Å². The second kappa shape index (κ2) is 6.56. The summed E-state index contributed by atoms with van der Waals surface area (Å²) in [5, 5.41) is 8.49. The van der Waals surface area contributed by atoms with E-state index in [1.165, 1.54) is 18.9 Å². The summed E-state index contributed by atoms with van der Waals surface area (Å²) in [6.45, 7) is 5.07. The van der Waals surface area contributed by atoms with Crippen molar-refractivity contribution >= 4 is 15.7 Å². The van der Waals surface area contributed by atoms with Gasteiger partial charge >= 0.3 is 0 Å². The van der Waals surface area contributed by atoms with E-state index >= 15 is 0 Å². The van der Waals surface area contributed by atoms with Gasteiger partial charge in [0.05, 0.1) is 5.69 Å². The highest BCUT2D eigenvalue weighted by atomic mass is 32.2. The molecule has 1 aliphatic heterocycles. The molecule has 5 nitrogen and oxygen atoms in total. The summed E-state index contributed by atoms with van der Waals surface area (Å²) in [4.78, 5) is 2.61. The summed E-state index contributed by atoms with van der Waals surface area (Å²) in [7, 11) is -3.68. The van der Waals surface area contributed by atoms with Crippen molar-refractivity contribution in [2.75, 3.05) is 25.0 Å². The predicted octanol–water partition coefficient (Wildman–Crippen LogP) is 1.62. The first-order valence-corrected chi connectivity index (χ1v) is 8.66. The molecule has 2 rings (SSSR count). The van der Waals surface area contributed by atoms with Gasteiger partial charge in [-0.1, -0.05) is 25.5 Å². The number of likely N-dealkylation sites (tertiary alicyclic amines) is 1. The Bertz CT molecular complexity index is 545. The summed E-state index contributed by atoms with van der Waals surface area (Å²) in [6.07, 6.45) is 3.64. The third kappa shape index (κ3) is 3.71. The zero-order valence-corrected chi connectivity index (χ0v) is 12.7. The Labute approximate surface area is 121 Å². The molecule has 1 atom stereocenters. The lowest BCUT2D eigenvalue weighted by molar-refractivity contribution is 0.164. The Hall–Kier alpha value is -1.11. The normalized spacial score (nSPS) is 20.8. The SMILES string of the molecule is CCN1CCCC[C@@H]1CNc1ccccc1S(N)(=O)=O. The van der Waals surface area contributed by atoms with Gasteiger partial charge in [0.25, 0.3) is 0 Å². The van der Waals surface area contributed by atoms with Crippen LogP contribution in [0.15, 0.2) is 29.2 Å². The number of piperidine rings is 1. The Morgan fingerprint density at radius 1 is 1.35 bits per heavy atom. The molecular weight excluding hydrogens is 274 g/mol. The van der Waals surface area contributed by atoms with Crippen molar-refractivity contribution in [1.82, 2.24) is 4.90 Å². The van der Waals surface area contributed by atoms with Gasteiger partial charge in [0, 0.05) is 12.6 Å². The van der Waals surface area contributed by atoms with Gasteiger partial charge in [0.1, 0.15) is 4.90 Å². The molecule has 1 saturated heterocycles. The highest BCUT2D eigenvalue weighted by Crippen LogP contribution is 2.21. The summed E-state index contributed by atoms with van der Waals surface area (Å²) in [6, 6.07) is 7.26. The van der Waals surface area contributed by atoms with E-state index in [-0.39, 0.29) is 4.90 Å². The monoisotopic (exact) mass is 297 g/mol. The molecule has 0 amide bonds. The molecule has 0 radical (unpaired) electrons. The van der Waals surface area contributed by atoms with E-state index in [0.717, 1.165) is 26.1 Å². The third-order valence-electron chi connectivity index (χ3n) is 3.88. The van der Waals surface area contributed by atoms with Crippen LogP contribution in [0, 0.1) is 0 Å². The summed E-state index contributed by atoms with van der Waals surface area (Å²) >= 11 is 0. The van der Waals surface area contributed by atoms with Crippen molar-refractivity contribution in [3.05, 3.63) is 24.3 Å². The van der Waals surface area contributed by atoms with Crippen LogP contribution >= 0.6 is 0 Å². The molecule has 112 valence electrons. The maximum Gasteiger partial charge on any atom is 0.240 e. The standard InChI is InChI=1S/C14H23N3O2S/c1-2-17-10-6-5-7-12(17)11-16-13-8-3-4-9-14(13)20(15,18)19/h3-4,8-9,12,16H,2,5-7,10-11H2,1H3,(H2,15,18,19)/t12-/m1/s1.